The lowest BCUT2D eigenvalue weighted by Crippen LogP contribution is -2.07. The van der Waals surface area contributed by atoms with Crippen LogP contribution in [0.4, 0.5) is 0 Å². The zero-order valence-corrected chi connectivity index (χ0v) is 7.87. The lowest BCUT2D eigenvalue weighted by Gasteiger charge is -1.91. The van der Waals surface area contributed by atoms with Crippen molar-refractivity contribution < 1.29 is 9.59 Å². The standard InChI is InChI=1S/C8H11N3O2/c1-5(6(2)12)10-11-8(9-4)7(3)13/h4H2,1-3H3/b10-5+,11-8-. The van der Waals surface area contributed by atoms with Crippen molar-refractivity contribution in [2.24, 2.45) is 15.2 Å². The largest absolute Gasteiger partial charge is 0.293 e. The van der Waals surface area contributed by atoms with E-state index in [4.69, 9.17) is 0 Å². The molecule has 0 aromatic heterocycles. The van der Waals surface area contributed by atoms with Gasteiger partial charge >= 0.3 is 0 Å². The molecule has 0 N–H and O–H groups in total. The van der Waals surface area contributed by atoms with Gasteiger partial charge in [0.05, 0.1) is 0 Å². The van der Waals surface area contributed by atoms with E-state index in [0.29, 0.717) is 0 Å². The highest BCUT2D eigenvalue weighted by Gasteiger charge is 2.02. The molecule has 0 fully saturated rings. The predicted molar refractivity (Wildman–Crippen MR) is 51.5 cm³/mol. The quantitative estimate of drug-likeness (QED) is 0.364. The van der Waals surface area contributed by atoms with Crippen molar-refractivity contribution in [3.8, 4) is 0 Å². The van der Waals surface area contributed by atoms with Crippen molar-refractivity contribution in [2.45, 2.75) is 20.8 Å². The van der Waals surface area contributed by atoms with E-state index in [0.717, 1.165) is 0 Å². The van der Waals surface area contributed by atoms with Crippen molar-refractivity contribution >= 4 is 29.8 Å². The molecule has 5 nitrogen and oxygen atoms in total. The summed E-state index contributed by atoms with van der Waals surface area (Å²) in [5.74, 6) is -0.633. The number of carbonyl (C=O) groups excluding carboxylic acids is 2. The number of Topliss-reactive ketones (excluding diaryl/α,β-unsaturated/α-hetero) is 2. The highest BCUT2D eigenvalue weighted by molar-refractivity contribution is 6.40. The van der Waals surface area contributed by atoms with Crippen LogP contribution in [0.3, 0.4) is 0 Å². The highest BCUT2D eigenvalue weighted by atomic mass is 16.1. The summed E-state index contributed by atoms with van der Waals surface area (Å²) in [6.45, 7) is 7.32. The fourth-order valence-corrected chi connectivity index (χ4v) is 0.406. The number of amidine groups is 1. The molecule has 0 atom stereocenters. The maximum absolute atomic E-state index is 10.7. The van der Waals surface area contributed by atoms with E-state index in [1.807, 2.05) is 0 Å². The van der Waals surface area contributed by atoms with E-state index in [9.17, 15) is 9.59 Å². The predicted octanol–water partition coefficient (Wildman–Crippen LogP) is 0.639. The topological polar surface area (TPSA) is 71.2 Å². The average molecular weight is 181 g/mol. The lowest BCUT2D eigenvalue weighted by atomic mass is 10.3. The number of nitrogens with zero attached hydrogens (tertiary/aromatic N) is 3. The fourth-order valence-electron chi connectivity index (χ4n) is 0.406. The monoisotopic (exact) mass is 181 g/mol. The van der Waals surface area contributed by atoms with Gasteiger partial charge in [-0.1, -0.05) is 0 Å². The molecule has 5 heteroatoms. The molecule has 0 spiro atoms. The number of hydrogen-bond acceptors (Lipinski definition) is 4. The molecular formula is C8H11N3O2. The molecule has 0 bridgehead atoms. The second-order valence-corrected chi connectivity index (χ2v) is 2.38. The van der Waals surface area contributed by atoms with Crippen LogP contribution in [0.2, 0.25) is 0 Å². The van der Waals surface area contributed by atoms with E-state index >= 15 is 0 Å². The number of aliphatic imine (C=N–C) groups is 1. The minimum Gasteiger partial charge on any atom is -0.293 e. The normalized spacial score (nSPS) is 12.5. The van der Waals surface area contributed by atoms with Crippen LogP contribution < -0.4 is 0 Å². The van der Waals surface area contributed by atoms with Crippen LogP contribution in [-0.4, -0.2) is 29.8 Å². The SMILES string of the molecule is C=N/C(=N\N=C(/C)C(C)=O)C(C)=O. The molecule has 0 amide bonds. The third-order valence-electron chi connectivity index (χ3n) is 1.27. The van der Waals surface area contributed by atoms with E-state index in [1.54, 1.807) is 0 Å². The van der Waals surface area contributed by atoms with Gasteiger partial charge in [-0.05, 0) is 13.6 Å². The summed E-state index contributed by atoms with van der Waals surface area (Å²) >= 11 is 0. The first-order chi connectivity index (χ1) is 5.99. The van der Waals surface area contributed by atoms with Gasteiger partial charge in [0, 0.05) is 13.8 Å². The molecule has 0 radical (unpaired) electrons. The fraction of sp³-hybridized carbons (Fsp3) is 0.375. The maximum Gasteiger partial charge on any atom is 0.216 e. The molecule has 0 aromatic rings. The van der Waals surface area contributed by atoms with Crippen molar-refractivity contribution in [3.63, 3.8) is 0 Å². The van der Waals surface area contributed by atoms with Crippen LogP contribution in [0.5, 0.6) is 0 Å². The summed E-state index contributed by atoms with van der Waals surface area (Å²) in [5.41, 5.74) is 0.224. The molecule has 0 aromatic carbocycles. The number of hydrogen-bond donors (Lipinski definition) is 0. The van der Waals surface area contributed by atoms with Crippen LogP contribution in [0, 0.1) is 0 Å². The number of carbonyl (C=O) groups is 2. The first-order valence-electron chi connectivity index (χ1n) is 3.60. The van der Waals surface area contributed by atoms with Crippen LogP contribution in [0.25, 0.3) is 0 Å². The molecule has 0 aliphatic carbocycles. The Kier molecular flexibility index (Phi) is 4.43. The molecule has 13 heavy (non-hydrogen) atoms. The summed E-state index contributed by atoms with van der Waals surface area (Å²) in [6.07, 6.45) is 0. The van der Waals surface area contributed by atoms with Gasteiger partial charge in [-0.25, -0.2) is 4.99 Å². The highest BCUT2D eigenvalue weighted by Crippen LogP contribution is 1.87. The van der Waals surface area contributed by atoms with E-state index in [-0.39, 0.29) is 23.1 Å². The molecule has 0 saturated carbocycles. The van der Waals surface area contributed by atoms with Crippen LogP contribution in [-0.2, 0) is 9.59 Å². The Hall–Kier alpha value is -1.65. The van der Waals surface area contributed by atoms with Gasteiger partial charge in [0.1, 0.15) is 5.71 Å². The van der Waals surface area contributed by atoms with Gasteiger partial charge in [-0.2, -0.15) is 0 Å². The lowest BCUT2D eigenvalue weighted by molar-refractivity contribution is -0.112. The van der Waals surface area contributed by atoms with Gasteiger partial charge in [0.25, 0.3) is 0 Å². The van der Waals surface area contributed by atoms with E-state index in [1.165, 1.54) is 20.8 Å². The summed E-state index contributed by atoms with van der Waals surface area (Å²) in [5, 5.41) is 6.98. The molecular weight excluding hydrogens is 170 g/mol. The number of rotatable bonds is 3. The van der Waals surface area contributed by atoms with Crippen LogP contribution in [0.15, 0.2) is 15.2 Å². The van der Waals surface area contributed by atoms with Gasteiger partial charge in [0.15, 0.2) is 11.6 Å². The summed E-state index contributed by atoms with van der Waals surface area (Å²) < 4.78 is 0. The Morgan fingerprint density at radius 2 is 1.54 bits per heavy atom. The van der Waals surface area contributed by atoms with Gasteiger partial charge in [-0.3, -0.25) is 9.59 Å². The average Bonchev–Trinajstić information content (AvgIpc) is 2.04. The molecule has 0 heterocycles. The third kappa shape index (κ3) is 4.05. The molecule has 0 saturated heterocycles. The molecule has 0 aliphatic heterocycles. The van der Waals surface area contributed by atoms with Gasteiger partial charge in [0.2, 0.25) is 5.84 Å². The molecule has 0 rings (SSSR count). The van der Waals surface area contributed by atoms with E-state index < -0.39 is 0 Å². The maximum atomic E-state index is 10.7. The minimum absolute atomic E-state index is 0.0967. The van der Waals surface area contributed by atoms with Crippen molar-refractivity contribution in [1.29, 1.82) is 0 Å². The third-order valence-corrected chi connectivity index (χ3v) is 1.27. The second-order valence-electron chi connectivity index (χ2n) is 2.38. The smallest absolute Gasteiger partial charge is 0.216 e. The number of ketones is 2. The van der Waals surface area contributed by atoms with Crippen molar-refractivity contribution in [1.82, 2.24) is 0 Å². The zero-order valence-electron chi connectivity index (χ0n) is 7.87. The van der Waals surface area contributed by atoms with Crippen molar-refractivity contribution in [2.75, 3.05) is 0 Å². The summed E-state index contributed by atoms with van der Waals surface area (Å²) in [7, 11) is 0. The Balaban J connectivity index is 4.74. The minimum atomic E-state index is -0.338. The van der Waals surface area contributed by atoms with Crippen molar-refractivity contribution in [3.05, 3.63) is 0 Å². The first kappa shape index (κ1) is 11.4. The molecule has 0 aliphatic rings. The van der Waals surface area contributed by atoms with Gasteiger partial charge < -0.3 is 0 Å². The first-order valence-corrected chi connectivity index (χ1v) is 3.60. The Labute approximate surface area is 76.3 Å². The molecule has 0 unspecified atom stereocenters. The Morgan fingerprint density at radius 3 is 1.85 bits per heavy atom. The second kappa shape index (κ2) is 5.08. The Morgan fingerprint density at radius 1 is 1.00 bits per heavy atom. The summed E-state index contributed by atoms with van der Waals surface area (Å²) in [6, 6.07) is 0. The summed E-state index contributed by atoms with van der Waals surface area (Å²) in [4.78, 5) is 24.8. The van der Waals surface area contributed by atoms with Crippen LogP contribution in [0.1, 0.15) is 20.8 Å². The van der Waals surface area contributed by atoms with Crippen LogP contribution >= 0.6 is 0 Å². The molecule has 70 valence electrons. The van der Waals surface area contributed by atoms with E-state index in [2.05, 4.69) is 21.9 Å². The van der Waals surface area contributed by atoms with Gasteiger partial charge in [-0.15, -0.1) is 10.2 Å². The Bertz CT molecular complexity index is 303. The zero-order chi connectivity index (χ0) is 10.4.